The van der Waals surface area contributed by atoms with Gasteiger partial charge in [0.05, 0.1) is 7.11 Å². The summed E-state index contributed by atoms with van der Waals surface area (Å²) in [6, 6.07) is 1.74. The molecule has 0 aliphatic carbocycles. The fraction of sp³-hybridized carbons (Fsp3) is 0.500. The van der Waals surface area contributed by atoms with E-state index in [0.717, 1.165) is 10.4 Å². The fourth-order valence-corrected chi connectivity index (χ4v) is 1.15. The summed E-state index contributed by atoms with van der Waals surface area (Å²) in [6.45, 7) is 4.09. The Labute approximate surface area is 80.3 Å². The van der Waals surface area contributed by atoms with Gasteiger partial charge in [0, 0.05) is 12.0 Å². The Morgan fingerprint density at radius 1 is 1.42 bits per heavy atom. The third-order valence-corrected chi connectivity index (χ3v) is 1.82. The SMILES string of the molecule is COc1cc(Br)nc(C(C)C)n1. The first kappa shape index (κ1) is 9.45. The molecule has 3 nitrogen and oxygen atoms in total. The van der Waals surface area contributed by atoms with Gasteiger partial charge in [-0.05, 0) is 15.9 Å². The van der Waals surface area contributed by atoms with Crippen LogP contribution >= 0.6 is 15.9 Å². The van der Waals surface area contributed by atoms with Crippen molar-refractivity contribution in [1.82, 2.24) is 9.97 Å². The van der Waals surface area contributed by atoms with E-state index in [9.17, 15) is 0 Å². The number of aromatic nitrogens is 2. The highest BCUT2D eigenvalue weighted by atomic mass is 79.9. The molecule has 66 valence electrons. The van der Waals surface area contributed by atoms with Gasteiger partial charge in [0.15, 0.2) is 0 Å². The predicted octanol–water partition coefficient (Wildman–Crippen LogP) is 2.37. The highest BCUT2D eigenvalue weighted by molar-refractivity contribution is 9.10. The highest BCUT2D eigenvalue weighted by Crippen LogP contribution is 2.18. The van der Waals surface area contributed by atoms with Crippen LogP contribution in [0.4, 0.5) is 0 Å². The average Bonchev–Trinajstić information content (AvgIpc) is 2.03. The maximum atomic E-state index is 5.00. The van der Waals surface area contributed by atoms with Crippen molar-refractivity contribution in [2.45, 2.75) is 19.8 Å². The molecule has 4 heteroatoms. The summed E-state index contributed by atoms with van der Waals surface area (Å²) in [5.41, 5.74) is 0. The minimum atomic E-state index is 0.316. The lowest BCUT2D eigenvalue weighted by atomic mass is 10.2. The van der Waals surface area contributed by atoms with Crippen molar-refractivity contribution in [3.05, 3.63) is 16.5 Å². The molecule has 0 aromatic carbocycles. The van der Waals surface area contributed by atoms with Crippen LogP contribution in [0.15, 0.2) is 10.7 Å². The van der Waals surface area contributed by atoms with E-state index >= 15 is 0 Å². The molecule has 1 aromatic rings. The molecule has 0 fully saturated rings. The summed E-state index contributed by atoms with van der Waals surface area (Å²) in [6.07, 6.45) is 0. The van der Waals surface area contributed by atoms with Crippen LogP contribution in [0.3, 0.4) is 0 Å². The Kier molecular flexibility index (Phi) is 3.03. The van der Waals surface area contributed by atoms with Crippen LogP contribution in [0.1, 0.15) is 25.6 Å². The minimum Gasteiger partial charge on any atom is -0.481 e. The van der Waals surface area contributed by atoms with Crippen molar-refractivity contribution in [3.8, 4) is 5.88 Å². The summed E-state index contributed by atoms with van der Waals surface area (Å²) in [5, 5.41) is 0. The van der Waals surface area contributed by atoms with Crippen LogP contribution in [0.5, 0.6) is 5.88 Å². The molecule has 0 atom stereocenters. The summed E-state index contributed by atoms with van der Waals surface area (Å²) < 4.78 is 5.77. The number of hydrogen-bond acceptors (Lipinski definition) is 3. The molecular formula is C8H11BrN2O. The van der Waals surface area contributed by atoms with Crippen molar-refractivity contribution >= 4 is 15.9 Å². The van der Waals surface area contributed by atoms with E-state index in [1.54, 1.807) is 13.2 Å². The third kappa shape index (κ3) is 2.17. The zero-order valence-corrected chi connectivity index (χ0v) is 8.92. The van der Waals surface area contributed by atoms with E-state index in [-0.39, 0.29) is 0 Å². The molecule has 0 aliphatic heterocycles. The molecule has 0 radical (unpaired) electrons. The average molecular weight is 231 g/mol. The number of hydrogen-bond donors (Lipinski definition) is 0. The normalized spacial score (nSPS) is 10.4. The van der Waals surface area contributed by atoms with Crippen LogP contribution in [0.25, 0.3) is 0 Å². The van der Waals surface area contributed by atoms with Crippen molar-refractivity contribution in [2.24, 2.45) is 0 Å². The molecule has 0 aliphatic rings. The quantitative estimate of drug-likeness (QED) is 0.733. The van der Waals surface area contributed by atoms with Crippen LogP contribution in [0, 0.1) is 0 Å². The molecule has 12 heavy (non-hydrogen) atoms. The Bertz CT molecular complexity index is 276. The molecule has 1 heterocycles. The third-order valence-electron chi connectivity index (χ3n) is 1.41. The summed E-state index contributed by atoms with van der Waals surface area (Å²) in [7, 11) is 1.60. The number of methoxy groups -OCH3 is 1. The Hall–Kier alpha value is -0.640. The van der Waals surface area contributed by atoms with Gasteiger partial charge in [-0.15, -0.1) is 0 Å². The van der Waals surface area contributed by atoms with Gasteiger partial charge in [0.1, 0.15) is 10.4 Å². The van der Waals surface area contributed by atoms with E-state index < -0.39 is 0 Å². The van der Waals surface area contributed by atoms with Crippen LogP contribution in [0.2, 0.25) is 0 Å². The number of halogens is 1. The number of ether oxygens (including phenoxy) is 1. The van der Waals surface area contributed by atoms with Crippen molar-refractivity contribution in [2.75, 3.05) is 7.11 Å². The Balaban J connectivity index is 3.06. The molecule has 1 rings (SSSR count). The first-order valence-corrected chi connectivity index (χ1v) is 4.51. The summed E-state index contributed by atoms with van der Waals surface area (Å²) in [4.78, 5) is 8.40. The molecule has 0 bridgehead atoms. The van der Waals surface area contributed by atoms with Crippen LogP contribution < -0.4 is 4.74 Å². The van der Waals surface area contributed by atoms with Crippen LogP contribution in [-0.4, -0.2) is 17.1 Å². The van der Waals surface area contributed by atoms with Crippen molar-refractivity contribution in [3.63, 3.8) is 0 Å². The van der Waals surface area contributed by atoms with E-state index in [1.165, 1.54) is 0 Å². The van der Waals surface area contributed by atoms with Crippen molar-refractivity contribution in [1.29, 1.82) is 0 Å². The first-order chi connectivity index (χ1) is 5.63. The second-order valence-electron chi connectivity index (χ2n) is 2.75. The zero-order valence-electron chi connectivity index (χ0n) is 7.34. The second-order valence-corrected chi connectivity index (χ2v) is 3.56. The minimum absolute atomic E-state index is 0.316. The van der Waals surface area contributed by atoms with Crippen molar-refractivity contribution < 1.29 is 4.74 Å². The van der Waals surface area contributed by atoms with Gasteiger partial charge in [-0.25, -0.2) is 4.98 Å². The predicted molar refractivity (Wildman–Crippen MR) is 50.4 cm³/mol. The van der Waals surface area contributed by atoms with E-state index in [1.807, 2.05) is 13.8 Å². The van der Waals surface area contributed by atoms with Gasteiger partial charge in [-0.3, -0.25) is 0 Å². The lowest BCUT2D eigenvalue weighted by Gasteiger charge is -2.05. The number of nitrogens with zero attached hydrogens (tertiary/aromatic N) is 2. The van der Waals surface area contributed by atoms with Gasteiger partial charge < -0.3 is 4.74 Å². The smallest absolute Gasteiger partial charge is 0.217 e. The summed E-state index contributed by atoms with van der Waals surface area (Å²) >= 11 is 3.29. The number of rotatable bonds is 2. The summed E-state index contributed by atoms with van der Waals surface area (Å²) in [5.74, 6) is 1.71. The molecule has 1 aromatic heterocycles. The lowest BCUT2D eigenvalue weighted by molar-refractivity contribution is 0.393. The maximum Gasteiger partial charge on any atom is 0.217 e. The molecule has 0 saturated heterocycles. The Morgan fingerprint density at radius 3 is 2.58 bits per heavy atom. The highest BCUT2D eigenvalue weighted by Gasteiger charge is 2.06. The Morgan fingerprint density at radius 2 is 2.08 bits per heavy atom. The molecular weight excluding hydrogens is 220 g/mol. The molecule has 0 spiro atoms. The molecule has 0 amide bonds. The zero-order chi connectivity index (χ0) is 9.14. The van der Waals surface area contributed by atoms with Gasteiger partial charge in [0.25, 0.3) is 0 Å². The fourth-order valence-electron chi connectivity index (χ4n) is 0.777. The molecule has 0 saturated carbocycles. The monoisotopic (exact) mass is 230 g/mol. The van der Waals surface area contributed by atoms with E-state index in [2.05, 4.69) is 25.9 Å². The van der Waals surface area contributed by atoms with E-state index in [4.69, 9.17) is 4.74 Å². The second kappa shape index (κ2) is 3.85. The topological polar surface area (TPSA) is 35.0 Å². The maximum absolute atomic E-state index is 5.00. The van der Waals surface area contributed by atoms with Gasteiger partial charge in [0.2, 0.25) is 5.88 Å². The largest absolute Gasteiger partial charge is 0.481 e. The van der Waals surface area contributed by atoms with Crippen LogP contribution in [-0.2, 0) is 0 Å². The lowest BCUT2D eigenvalue weighted by Crippen LogP contribution is -1.99. The first-order valence-electron chi connectivity index (χ1n) is 3.72. The van der Waals surface area contributed by atoms with E-state index in [0.29, 0.717) is 11.8 Å². The molecule has 0 N–H and O–H groups in total. The molecule has 0 unspecified atom stereocenters. The van der Waals surface area contributed by atoms with Gasteiger partial charge in [-0.2, -0.15) is 4.98 Å². The standard InChI is InChI=1S/C8H11BrN2O/c1-5(2)8-10-6(9)4-7(11-8)12-3/h4-5H,1-3H3. The van der Waals surface area contributed by atoms with Gasteiger partial charge in [-0.1, -0.05) is 13.8 Å². The van der Waals surface area contributed by atoms with Gasteiger partial charge >= 0.3 is 0 Å².